The average Bonchev–Trinajstić information content (AvgIpc) is 2.88. The van der Waals surface area contributed by atoms with Gasteiger partial charge in [0.05, 0.1) is 0 Å². The van der Waals surface area contributed by atoms with E-state index in [4.69, 9.17) is 0 Å². The first-order chi connectivity index (χ1) is 9.52. The van der Waals surface area contributed by atoms with Crippen molar-refractivity contribution in [3.63, 3.8) is 0 Å². The summed E-state index contributed by atoms with van der Waals surface area (Å²) in [5, 5.41) is 12.0. The lowest BCUT2D eigenvalue weighted by atomic mass is 9.97. The fourth-order valence-corrected chi connectivity index (χ4v) is 2.71. The van der Waals surface area contributed by atoms with Crippen LogP contribution in [0.25, 0.3) is 0 Å². The molecule has 0 aromatic heterocycles. The van der Waals surface area contributed by atoms with Crippen LogP contribution in [-0.2, 0) is 16.0 Å². The molecule has 1 fully saturated rings. The molecule has 1 aliphatic rings. The number of aryl methyl sites for hydroxylation is 2. The third kappa shape index (κ3) is 3.38. The number of carbonyl (C=O) groups excluding carboxylic acids is 1. The molecule has 4 heteroatoms. The summed E-state index contributed by atoms with van der Waals surface area (Å²) in [5.74, 6) is -1.08. The van der Waals surface area contributed by atoms with E-state index in [0.717, 1.165) is 18.4 Å². The van der Waals surface area contributed by atoms with Crippen LogP contribution in [-0.4, -0.2) is 22.5 Å². The number of aliphatic carboxylic acids is 1. The summed E-state index contributed by atoms with van der Waals surface area (Å²) in [7, 11) is 0. The number of amides is 1. The molecule has 0 heterocycles. The minimum atomic E-state index is -1.02. The number of hydrogen-bond acceptors (Lipinski definition) is 2. The van der Waals surface area contributed by atoms with Gasteiger partial charge in [0.2, 0.25) is 5.91 Å². The van der Waals surface area contributed by atoms with Gasteiger partial charge in [0, 0.05) is 6.42 Å². The average molecular weight is 275 g/mol. The van der Waals surface area contributed by atoms with Crippen LogP contribution in [0.5, 0.6) is 0 Å². The first-order valence-electron chi connectivity index (χ1n) is 7.12. The Morgan fingerprint density at radius 1 is 1.20 bits per heavy atom. The van der Waals surface area contributed by atoms with Crippen molar-refractivity contribution in [1.29, 1.82) is 0 Å². The van der Waals surface area contributed by atoms with Gasteiger partial charge in [0.15, 0.2) is 0 Å². The van der Waals surface area contributed by atoms with Gasteiger partial charge in [-0.2, -0.15) is 0 Å². The number of hydrogen-bond donors (Lipinski definition) is 2. The number of nitrogens with one attached hydrogen (secondary N) is 1. The van der Waals surface area contributed by atoms with Gasteiger partial charge in [-0.3, -0.25) is 4.79 Å². The Hall–Kier alpha value is -1.84. The highest BCUT2D eigenvalue weighted by atomic mass is 16.4. The first kappa shape index (κ1) is 14.6. The zero-order valence-electron chi connectivity index (χ0n) is 11.8. The maximum Gasteiger partial charge on any atom is 0.329 e. The van der Waals surface area contributed by atoms with Crippen LogP contribution in [0.3, 0.4) is 0 Å². The number of carboxylic acids is 1. The minimum Gasteiger partial charge on any atom is -0.480 e. The van der Waals surface area contributed by atoms with Gasteiger partial charge < -0.3 is 10.4 Å². The van der Waals surface area contributed by atoms with E-state index in [1.807, 2.05) is 31.2 Å². The van der Waals surface area contributed by atoms with Crippen LogP contribution in [0, 0.1) is 6.92 Å². The Morgan fingerprint density at radius 3 is 2.35 bits per heavy atom. The highest BCUT2D eigenvalue weighted by molar-refractivity contribution is 5.87. The molecule has 1 amide bonds. The highest BCUT2D eigenvalue weighted by Gasteiger charge is 2.42. The first-order valence-corrected chi connectivity index (χ1v) is 7.12. The van der Waals surface area contributed by atoms with E-state index in [2.05, 4.69) is 5.32 Å². The van der Waals surface area contributed by atoms with Crippen LogP contribution >= 0.6 is 0 Å². The second kappa shape index (κ2) is 6.07. The van der Waals surface area contributed by atoms with Crippen LogP contribution in [0.4, 0.5) is 0 Å². The summed E-state index contributed by atoms with van der Waals surface area (Å²) in [6, 6.07) is 8.04. The van der Waals surface area contributed by atoms with Crippen molar-refractivity contribution in [2.75, 3.05) is 0 Å². The molecule has 0 bridgehead atoms. The van der Waals surface area contributed by atoms with Gasteiger partial charge in [-0.15, -0.1) is 0 Å². The molecule has 0 radical (unpaired) electrons. The lowest BCUT2D eigenvalue weighted by Gasteiger charge is -2.25. The van der Waals surface area contributed by atoms with Gasteiger partial charge in [-0.25, -0.2) is 4.79 Å². The second-order valence-electron chi connectivity index (χ2n) is 5.63. The highest BCUT2D eigenvalue weighted by Crippen LogP contribution is 2.30. The van der Waals surface area contributed by atoms with Crippen molar-refractivity contribution in [3.05, 3.63) is 35.4 Å². The zero-order chi connectivity index (χ0) is 14.6. The zero-order valence-corrected chi connectivity index (χ0v) is 11.8. The molecule has 0 unspecified atom stereocenters. The fraction of sp³-hybridized carbons (Fsp3) is 0.500. The van der Waals surface area contributed by atoms with Crippen molar-refractivity contribution >= 4 is 11.9 Å². The minimum absolute atomic E-state index is 0.171. The molecule has 1 aromatic carbocycles. The number of carboxylic acid groups (broad SMARTS) is 1. The maximum absolute atomic E-state index is 12.0. The normalized spacial score (nSPS) is 16.9. The van der Waals surface area contributed by atoms with E-state index in [9.17, 15) is 14.7 Å². The van der Waals surface area contributed by atoms with E-state index >= 15 is 0 Å². The molecule has 1 aliphatic carbocycles. The molecular formula is C16H21NO3. The van der Waals surface area contributed by atoms with Crippen molar-refractivity contribution in [2.24, 2.45) is 0 Å². The van der Waals surface area contributed by atoms with E-state index in [1.165, 1.54) is 5.56 Å². The van der Waals surface area contributed by atoms with Gasteiger partial charge in [-0.05, 0) is 31.7 Å². The van der Waals surface area contributed by atoms with Crippen molar-refractivity contribution in [2.45, 2.75) is 51.0 Å². The molecule has 108 valence electrons. The molecule has 0 saturated heterocycles. The molecule has 2 rings (SSSR count). The van der Waals surface area contributed by atoms with Gasteiger partial charge in [0.25, 0.3) is 0 Å². The Morgan fingerprint density at radius 2 is 1.80 bits per heavy atom. The maximum atomic E-state index is 12.0. The standard InChI is InChI=1S/C16H21NO3/c1-12-4-6-13(7-5-12)8-9-14(18)17-16(15(19)20)10-2-3-11-16/h4-7H,2-3,8-11H2,1H3,(H,17,18)(H,19,20). The smallest absolute Gasteiger partial charge is 0.329 e. The molecule has 4 nitrogen and oxygen atoms in total. The molecule has 0 atom stereocenters. The Labute approximate surface area is 119 Å². The molecule has 2 N–H and O–H groups in total. The predicted octanol–water partition coefficient (Wildman–Crippen LogP) is 2.44. The van der Waals surface area contributed by atoms with Gasteiger partial charge in [-0.1, -0.05) is 42.7 Å². The van der Waals surface area contributed by atoms with Crippen molar-refractivity contribution in [1.82, 2.24) is 5.32 Å². The fourth-order valence-electron chi connectivity index (χ4n) is 2.71. The largest absolute Gasteiger partial charge is 0.480 e. The molecular weight excluding hydrogens is 254 g/mol. The third-order valence-electron chi connectivity index (χ3n) is 4.01. The second-order valence-corrected chi connectivity index (χ2v) is 5.63. The van der Waals surface area contributed by atoms with Crippen LogP contribution in [0.15, 0.2) is 24.3 Å². The Kier molecular flexibility index (Phi) is 4.42. The summed E-state index contributed by atoms with van der Waals surface area (Å²) in [6.07, 6.45) is 3.78. The summed E-state index contributed by atoms with van der Waals surface area (Å²) < 4.78 is 0. The lowest BCUT2D eigenvalue weighted by Crippen LogP contribution is -2.52. The van der Waals surface area contributed by atoms with E-state index in [0.29, 0.717) is 25.7 Å². The van der Waals surface area contributed by atoms with E-state index in [-0.39, 0.29) is 5.91 Å². The number of carbonyl (C=O) groups is 2. The monoisotopic (exact) mass is 275 g/mol. The lowest BCUT2D eigenvalue weighted by molar-refractivity contribution is -0.147. The van der Waals surface area contributed by atoms with Gasteiger partial charge in [0.1, 0.15) is 5.54 Å². The molecule has 20 heavy (non-hydrogen) atoms. The molecule has 0 aliphatic heterocycles. The molecule has 0 spiro atoms. The summed E-state index contributed by atoms with van der Waals surface area (Å²) in [5.41, 5.74) is 1.26. The summed E-state index contributed by atoms with van der Waals surface area (Å²) >= 11 is 0. The SMILES string of the molecule is Cc1ccc(CCC(=O)NC2(C(=O)O)CCCC2)cc1. The Balaban J connectivity index is 1.89. The van der Waals surface area contributed by atoms with Crippen molar-refractivity contribution < 1.29 is 14.7 Å². The van der Waals surface area contributed by atoms with Crippen LogP contribution < -0.4 is 5.32 Å². The number of rotatable bonds is 5. The van der Waals surface area contributed by atoms with E-state index in [1.54, 1.807) is 0 Å². The topological polar surface area (TPSA) is 66.4 Å². The quantitative estimate of drug-likeness (QED) is 0.867. The van der Waals surface area contributed by atoms with E-state index < -0.39 is 11.5 Å². The predicted molar refractivity (Wildman–Crippen MR) is 76.5 cm³/mol. The molecule has 1 aromatic rings. The van der Waals surface area contributed by atoms with Crippen LogP contribution in [0.2, 0.25) is 0 Å². The summed E-state index contributed by atoms with van der Waals surface area (Å²) in [4.78, 5) is 23.3. The third-order valence-corrected chi connectivity index (χ3v) is 4.01. The summed E-state index contributed by atoms with van der Waals surface area (Å²) in [6.45, 7) is 2.02. The van der Waals surface area contributed by atoms with Gasteiger partial charge >= 0.3 is 5.97 Å². The molecule has 1 saturated carbocycles. The van der Waals surface area contributed by atoms with Crippen molar-refractivity contribution in [3.8, 4) is 0 Å². The Bertz CT molecular complexity index is 487. The van der Waals surface area contributed by atoms with Crippen LogP contribution in [0.1, 0.15) is 43.2 Å². The number of benzene rings is 1.